The maximum atomic E-state index is 11.5. The molecule has 2 rings (SSSR count). The van der Waals surface area contributed by atoms with Crippen molar-refractivity contribution in [3.8, 4) is 0 Å². The van der Waals surface area contributed by atoms with E-state index < -0.39 is 12.0 Å². The highest BCUT2D eigenvalue weighted by molar-refractivity contribution is 14.1. The Morgan fingerprint density at radius 1 is 1.73 bits per heavy atom. The summed E-state index contributed by atoms with van der Waals surface area (Å²) >= 11 is 3.64. The zero-order chi connectivity index (χ0) is 11.2. The molecule has 0 spiro atoms. The number of carbonyl (C=O) groups is 2. The number of rotatable bonds is 2. The Bertz CT molecular complexity index is 371. The minimum absolute atomic E-state index is 0.139. The van der Waals surface area contributed by atoms with Gasteiger partial charge in [0, 0.05) is 10.2 Å². The van der Waals surface area contributed by atoms with Crippen LogP contribution in [0.4, 0.5) is 0 Å². The number of hydrogen-bond acceptors (Lipinski definition) is 4. The third-order valence-corrected chi connectivity index (χ3v) is 4.73. The van der Waals surface area contributed by atoms with Crippen LogP contribution in [0.5, 0.6) is 0 Å². The van der Waals surface area contributed by atoms with Gasteiger partial charge in [0.15, 0.2) is 0 Å². The van der Waals surface area contributed by atoms with E-state index in [2.05, 4.69) is 22.6 Å². The molecule has 1 unspecified atom stereocenters. The highest BCUT2D eigenvalue weighted by atomic mass is 127. The van der Waals surface area contributed by atoms with E-state index in [1.165, 1.54) is 16.7 Å². The molecule has 0 aliphatic carbocycles. The van der Waals surface area contributed by atoms with E-state index >= 15 is 0 Å². The number of alkyl halides is 1. The second-order valence-corrected chi connectivity index (χ2v) is 5.19. The third-order valence-electron chi connectivity index (χ3n) is 2.45. The molecule has 2 atom stereocenters. The van der Waals surface area contributed by atoms with Gasteiger partial charge in [-0.05, 0) is 5.57 Å². The fourth-order valence-electron chi connectivity index (χ4n) is 1.68. The molecule has 1 amide bonds. The number of nitrogens with two attached hydrogens (primary N) is 1. The van der Waals surface area contributed by atoms with E-state index in [9.17, 15) is 9.59 Å². The van der Waals surface area contributed by atoms with Crippen LogP contribution in [0.25, 0.3) is 0 Å². The summed E-state index contributed by atoms with van der Waals surface area (Å²) in [5.74, 6) is -0.675. The van der Waals surface area contributed by atoms with E-state index in [-0.39, 0.29) is 17.0 Å². The van der Waals surface area contributed by atoms with Crippen LogP contribution < -0.4 is 5.73 Å². The molecule has 2 aliphatic rings. The first-order chi connectivity index (χ1) is 7.07. The maximum Gasteiger partial charge on any atom is 0.352 e. The quantitative estimate of drug-likeness (QED) is 0.420. The lowest BCUT2D eigenvalue weighted by molar-refractivity contribution is -0.147. The van der Waals surface area contributed by atoms with Gasteiger partial charge in [0.25, 0.3) is 0 Å². The first-order valence-electron chi connectivity index (χ1n) is 4.29. The summed E-state index contributed by atoms with van der Waals surface area (Å²) in [5, 5.41) is 8.88. The SMILES string of the molecule is NC1C(=O)N2C(C(=O)O)=C(CI)CS[C@H]12. The van der Waals surface area contributed by atoms with E-state index in [1.807, 2.05) is 0 Å². The van der Waals surface area contributed by atoms with E-state index in [1.54, 1.807) is 0 Å². The predicted octanol–water partition coefficient (Wildman–Crippen LogP) is 0.00250. The van der Waals surface area contributed by atoms with Crippen LogP contribution in [0.1, 0.15) is 0 Å². The predicted molar refractivity (Wildman–Crippen MR) is 64.6 cm³/mol. The number of fused-ring (bicyclic) bond motifs is 1. The van der Waals surface area contributed by atoms with Gasteiger partial charge in [0.2, 0.25) is 5.91 Å². The molecule has 0 bridgehead atoms. The molecule has 0 aromatic carbocycles. The smallest absolute Gasteiger partial charge is 0.352 e. The van der Waals surface area contributed by atoms with Crippen molar-refractivity contribution in [1.29, 1.82) is 0 Å². The van der Waals surface area contributed by atoms with Crippen LogP contribution in [0.2, 0.25) is 0 Å². The number of hydrogen-bond donors (Lipinski definition) is 2. The van der Waals surface area contributed by atoms with Crippen LogP contribution in [0.3, 0.4) is 0 Å². The average Bonchev–Trinajstić information content (AvgIpc) is 2.25. The number of aliphatic carboxylic acids is 1. The van der Waals surface area contributed by atoms with Crippen molar-refractivity contribution in [3.05, 3.63) is 11.3 Å². The second-order valence-electron chi connectivity index (χ2n) is 3.33. The molecule has 1 fully saturated rings. The minimum atomic E-state index is -1.03. The fourth-order valence-corrected chi connectivity index (χ4v) is 3.97. The van der Waals surface area contributed by atoms with Gasteiger partial charge < -0.3 is 10.8 Å². The van der Waals surface area contributed by atoms with Gasteiger partial charge in [-0.1, -0.05) is 22.6 Å². The zero-order valence-corrected chi connectivity index (χ0v) is 10.6. The zero-order valence-electron chi connectivity index (χ0n) is 7.64. The van der Waals surface area contributed by atoms with Gasteiger partial charge in [-0.15, -0.1) is 11.8 Å². The van der Waals surface area contributed by atoms with Crippen molar-refractivity contribution in [3.63, 3.8) is 0 Å². The van der Waals surface area contributed by atoms with E-state index in [0.29, 0.717) is 10.2 Å². The normalized spacial score (nSPS) is 30.0. The molecule has 0 saturated carbocycles. The molecule has 0 aromatic rings. The number of thioether (sulfide) groups is 1. The molecular formula is C8H9IN2O3S. The highest BCUT2D eigenvalue weighted by Crippen LogP contribution is 2.39. The van der Waals surface area contributed by atoms with Crippen LogP contribution >= 0.6 is 34.4 Å². The molecule has 82 valence electrons. The summed E-state index contributed by atoms with van der Waals surface area (Å²) < 4.78 is 0.623. The Balaban J connectivity index is 2.38. The van der Waals surface area contributed by atoms with Gasteiger partial charge in [0.05, 0.1) is 0 Å². The monoisotopic (exact) mass is 340 g/mol. The number of β-lactam (4-membered cyclic amide) rings is 1. The Morgan fingerprint density at radius 3 is 2.93 bits per heavy atom. The average molecular weight is 340 g/mol. The van der Waals surface area contributed by atoms with Crippen LogP contribution in [0.15, 0.2) is 11.3 Å². The van der Waals surface area contributed by atoms with E-state index in [4.69, 9.17) is 10.8 Å². The molecule has 7 heteroatoms. The lowest BCUT2D eigenvalue weighted by Gasteiger charge is -2.47. The van der Waals surface area contributed by atoms with Crippen molar-refractivity contribution in [2.24, 2.45) is 5.73 Å². The highest BCUT2D eigenvalue weighted by Gasteiger charge is 2.51. The van der Waals surface area contributed by atoms with Crippen LogP contribution in [0, 0.1) is 0 Å². The van der Waals surface area contributed by atoms with E-state index in [0.717, 1.165) is 5.57 Å². The number of carbonyl (C=O) groups excluding carboxylic acids is 1. The molecule has 0 aromatic heterocycles. The van der Waals surface area contributed by atoms with Gasteiger partial charge in [0.1, 0.15) is 17.1 Å². The summed E-state index contributed by atoms with van der Waals surface area (Å²) in [6.45, 7) is 0. The second kappa shape index (κ2) is 3.95. The van der Waals surface area contributed by atoms with Crippen molar-refractivity contribution in [2.45, 2.75) is 11.4 Å². The lowest BCUT2D eigenvalue weighted by Crippen LogP contribution is -2.68. The van der Waals surface area contributed by atoms with Crippen LogP contribution in [-0.2, 0) is 9.59 Å². The minimum Gasteiger partial charge on any atom is -0.477 e. The molecule has 15 heavy (non-hydrogen) atoms. The van der Waals surface area contributed by atoms with Gasteiger partial charge in [-0.25, -0.2) is 4.79 Å². The summed E-state index contributed by atoms with van der Waals surface area (Å²) in [5.41, 5.74) is 6.53. The molecule has 2 aliphatic heterocycles. The number of nitrogens with zero attached hydrogens (tertiary/aromatic N) is 1. The Morgan fingerprint density at radius 2 is 2.40 bits per heavy atom. The van der Waals surface area contributed by atoms with Crippen molar-refractivity contribution in [1.82, 2.24) is 4.90 Å². The summed E-state index contributed by atoms with van der Waals surface area (Å²) in [6, 6.07) is -0.542. The largest absolute Gasteiger partial charge is 0.477 e. The standard InChI is InChI=1S/C8H9IN2O3S/c9-1-3-2-15-7-4(10)6(12)11(7)5(3)8(13)14/h4,7H,1-2,10H2,(H,13,14)/t4?,7-/m1/s1. The molecule has 0 radical (unpaired) electrons. The van der Waals surface area contributed by atoms with Gasteiger partial charge in [-0.2, -0.15) is 0 Å². The first-order valence-corrected chi connectivity index (χ1v) is 6.87. The van der Waals surface area contributed by atoms with Crippen molar-refractivity contribution >= 4 is 46.2 Å². The Hall–Kier alpha value is -0.280. The topological polar surface area (TPSA) is 83.6 Å². The summed E-state index contributed by atoms with van der Waals surface area (Å²) in [4.78, 5) is 23.8. The first kappa shape index (κ1) is 11.2. The molecular weight excluding hydrogens is 331 g/mol. The Labute approximate surface area is 104 Å². The number of amides is 1. The maximum absolute atomic E-state index is 11.5. The Kier molecular flexibility index (Phi) is 2.95. The molecule has 1 saturated heterocycles. The fraction of sp³-hybridized carbons (Fsp3) is 0.500. The van der Waals surface area contributed by atoms with Crippen LogP contribution in [-0.4, -0.2) is 43.5 Å². The van der Waals surface area contributed by atoms with Crippen molar-refractivity contribution in [2.75, 3.05) is 10.2 Å². The van der Waals surface area contributed by atoms with Gasteiger partial charge >= 0.3 is 5.97 Å². The number of carboxylic acid groups (broad SMARTS) is 1. The molecule has 2 heterocycles. The number of carboxylic acids is 1. The third kappa shape index (κ3) is 1.56. The number of halogens is 1. The lowest BCUT2D eigenvalue weighted by atomic mass is 10.0. The van der Waals surface area contributed by atoms with Crippen molar-refractivity contribution < 1.29 is 14.7 Å². The van der Waals surface area contributed by atoms with Gasteiger partial charge in [-0.3, -0.25) is 9.69 Å². The molecule has 3 N–H and O–H groups in total. The summed E-state index contributed by atoms with van der Waals surface area (Å²) in [6.07, 6.45) is 0. The molecule has 5 nitrogen and oxygen atoms in total. The summed E-state index contributed by atoms with van der Waals surface area (Å²) in [7, 11) is 0.